The number of aromatic nitrogens is 2. The highest BCUT2D eigenvalue weighted by Crippen LogP contribution is 2.36. The van der Waals surface area contributed by atoms with Crippen molar-refractivity contribution in [2.45, 2.75) is 13.8 Å². The van der Waals surface area contributed by atoms with E-state index in [0.29, 0.717) is 22.5 Å². The number of anilines is 2. The highest BCUT2D eigenvalue weighted by molar-refractivity contribution is 6.17. The van der Waals surface area contributed by atoms with Crippen LogP contribution in [0.2, 0.25) is 0 Å². The first-order valence-electron chi connectivity index (χ1n) is 9.09. The molecule has 0 saturated heterocycles. The molecule has 0 radical (unpaired) electrons. The molecule has 0 amide bonds. The molecule has 0 atom stereocenters. The lowest BCUT2D eigenvalue weighted by molar-refractivity contribution is 0.104. The number of nitrogens with one attached hydrogen (secondary N) is 2. The predicted octanol–water partition coefficient (Wildman–Crippen LogP) is 4.69. The van der Waals surface area contributed by atoms with Gasteiger partial charge in [-0.1, -0.05) is 48.5 Å². The van der Waals surface area contributed by atoms with Crippen LogP contribution >= 0.6 is 0 Å². The lowest BCUT2D eigenvalue weighted by atomic mass is 9.89. The first-order chi connectivity index (χ1) is 13.5. The lowest BCUT2D eigenvalue weighted by Gasteiger charge is -2.13. The van der Waals surface area contributed by atoms with Crippen LogP contribution in [0.25, 0.3) is 22.3 Å². The summed E-state index contributed by atoms with van der Waals surface area (Å²) >= 11 is 0. The van der Waals surface area contributed by atoms with E-state index in [4.69, 9.17) is 11.5 Å². The summed E-state index contributed by atoms with van der Waals surface area (Å²) in [6, 6.07) is 15.1. The minimum absolute atomic E-state index is 0.0637. The minimum Gasteiger partial charge on any atom is -0.397 e. The first-order valence-corrected chi connectivity index (χ1v) is 9.09. The van der Waals surface area contributed by atoms with Crippen LogP contribution in [0.1, 0.15) is 27.3 Å². The summed E-state index contributed by atoms with van der Waals surface area (Å²) in [4.78, 5) is 19.9. The summed E-state index contributed by atoms with van der Waals surface area (Å²) in [5, 5.41) is 0. The second kappa shape index (κ2) is 6.78. The number of ketones is 1. The van der Waals surface area contributed by atoms with Crippen LogP contribution in [-0.2, 0) is 0 Å². The fraction of sp³-hybridized carbons (Fsp3) is 0.0870. The van der Waals surface area contributed by atoms with Gasteiger partial charge in [-0.25, -0.2) is 0 Å². The number of rotatable bonds is 4. The summed E-state index contributed by atoms with van der Waals surface area (Å²) in [6.07, 6.45) is 3.51. The molecule has 0 aliphatic rings. The highest BCUT2D eigenvalue weighted by Gasteiger charge is 2.22. The van der Waals surface area contributed by atoms with Gasteiger partial charge in [0.05, 0.1) is 11.4 Å². The third-order valence-corrected chi connectivity index (χ3v) is 5.10. The van der Waals surface area contributed by atoms with Crippen LogP contribution in [0.4, 0.5) is 11.4 Å². The summed E-state index contributed by atoms with van der Waals surface area (Å²) in [7, 11) is 0. The molecule has 2 aromatic heterocycles. The number of benzene rings is 2. The topological polar surface area (TPSA) is 101 Å². The molecule has 2 aromatic carbocycles. The van der Waals surface area contributed by atoms with E-state index in [2.05, 4.69) is 9.97 Å². The molecule has 4 rings (SSSR count). The number of aromatic amines is 2. The molecular formula is C23H22N4O. The molecule has 6 N–H and O–H groups in total. The van der Waals surface area contributed by atoms with Gasteiger partial charge >= 0.3 is 0 Å². The Kier molecular flexibility index (Phi) is 4.28. The van der Waals surface area contributed by atoms with Crippen molar-refractivity contribution in [1.82, 2.24) is 9.97 Å². The Labute approximate surface area is 163 Å². The SMILES string of the molecule is Cc1[nH]cc(N)c1-c1ccccc1C(=O)c1ccccc1-c1c(N)c[nH]c1C. The Morgan fingerprint density at radius 1 is 0.714 bits per heavy atom. The standard InChI is InChI=1S/C23H22N4O/c1-13-21(19(24)11-26-13)15-7-3-5-9-17(15)23(28)18-10-6-4-8-16(18)22-14(2)27-12-20(22)25/h3-12,26-27H,24-25H2,1-2H3. The molecular weight excluding hydrogens is 348 g/mol. The molecule has 0 bridgehead atoms. The van der Waals surface area contributed by atoms with Crippen LogP contribution in [0.3, 0.4) is 0 Å². The Balaban J connectivity index is 1.90. The number of hydrogen-bond donors (Lipinski definition) is 4. The van der Waals surface area contributed by atoms with Crippen LogP contribution in [0.5, 0.6) is 0 Å². The van der Waals surface area contributed by atoms with Gasteiger partial charge in [-0.15, -0.1) is 0 Å². The van der Waals surface area contributed by atoms with Crippen LogP contribution in [0, 0.1) is 13.8 Å². The van der Waals surface area contributed by atoms with Crippen LogP contribution in [-0.4, -0.2) is 15.8 Å². The van der Waals surface area contributed by atoms with E-state index in [-0.39, 0.29) is 5.78 Å². The van der Waals surface area contributed by atoms with E-state index in [1.54, 1.807) is 12.4 Å². The van der Waals surface area contributed by atoms with E-state index >= 15 is 0 Å². The summed E-state index contributed by atoms with van der Waals surface area (Å²) in [5.74, 6) is -0.0637. The molecule has 28 heavy (non-hydrogen) atoms. The first kappa shape index (κ1) is 17.7. The number of H-pyrrole nitrogens is 2. The molecule has 0 fully saturated rings. The molecule has 5 heteroatoms. The molecule has 4 aromatic rings. The Hall–Kier alpha value is -3.73. The van der Waals surface area contributed by atoms with Crippen LogP contribution in [0.15, 0.2) is 60.9 Å². The predicted molar refractivity (Wildman–Crippen MR) is 114 cm³/mol. The minimum atomic E-state index is -0.0637. The van der Waals surface area contributed by atoms with Crippen molar-refractivity contribution in [2.75, 3.05) is 11.5 Å². The van der Waals surface area contributed by atoms with Gasteiger partial charge in [0.1, 0.15) is 0 Å². The number of hydrogen-bond acceptors (Lipinski definition) is 3. The number of aryl methyl sites for hydroxylation is 2. The normalized spacial score (nSPS) is 10.9. The fourth-order valence-corrected chi connectivity index (χ4v) is 3.75. The third kappa shape index (κ3) is 2.77. The molecule has 0 unspecified atom stereocenters. The van der Waals surface area contributed by atoms with Gasteiger partial charge < -0.3 is 21.4 Å². The van der Waals surface area contributed by atoms with E-state index < -0.39 is 0 Å². The van der Waals surface area contributed by atoms with Crippen molar-refractivity contribution >= 4 is 17.2 Å². The number of carbonyl (C=O) groups excluding carboxylic acids is 1. The van der Waals surface area contributed by atoms with Crippen molar-refractivity contribution in [3.63, 3.8) is 0 Å². The van der Waals surface area contributed by atoms with Gasteiger partial charge in [-0.2, -0.15) is 0 Å². The van der Waals surface area contributed by atoms with Gasteiger partial charge in [0, 0.05) is 46.0 Å². The van der Waals surface area contributed by atoms with Crippen molar-refractivity contribution in [3.8, 4) is 22.3 Å². The average Bonchev–Trinajstić information content (AvgIpc) is 3.22. The van der Waals surface area contributed by atoms with Crippen molar-refractivity contribution in [1.29, 1.82) is 0 Å². The van der Waals surface area contributed by atoms with Crippen LogP contribution < -0.4 is 11.5 Å². The molecule has 0 spiro atoms. The number of nitrogens with two attached hydrogens (primary N) is 2. The second-order valence-corrected chi connectivity index (χ2v) is 6.91. The average molecular weight is 370 g/mol. The Bertz CT molecular complexity index is 1050. The molecule has 2 heterocycles. The largest absolute Gasteiger partial charge is 0.397 e. The maximum Gasteiger partial charge on any atom is 0.194 e. The van der Waals surface area contributed by atoms with Crippen molar-refractivity contribution in [2.24, 2.45) is 0 Å². The second-order valence-electron chi connectivity index (χ2n) is 6.91. The van der Waals surface area contributed by atoms with Crippen molar-refractivity contribution < 1.29 is 4.79 Å². The third-order valence-electron chi connectivity index (χ3n) is 5.10. The maximum atomic E-state index is 13.6. The quantitative estimate of drug-likeness (QED) is 0.392. The monoisotopic (exact) mass is 370 g/mol. The smallest absolute Gasteiger partial charge is 0.194 e. The molecule has 0 aliphatic carbocycles. The van der Waals surface area contributed by atoms with Gasteiger partial charge in [-0.05, 0) is 25.0 Å². The number of nitrogen functional groups attached to an aromatic ring is 2. The van der Waals surface area contributed by atoms with Gasteiger partial charge in [-0.3, -0.25) is 4.79 Å². The Morgan fingerprint density at radius 3 is 1.46 bits per heavy atom. The summed E-state index contributed by atoms with van der Waals surface area (Å²) < 4.78 is 0. The molecule has 140 valence electrons. The van der Waals surface area contributed by atoms with Gasteiger partial charge in [0.15, 0.2) is 5.78 Å². The van der Waals surface area contributed by atoms with E-state index in [9.17, 15) is 4.79 Å². The van der Waals surface area contributed by atoms with E-state index in [1.807, 2.05) is 62.4 Å². The number of carbonyl (C=O) groups is 1. The molecule has 5 nitrogen and oxygen atoms in total. The highest BCUT2D eigenvalue weighted by atomic mass is 16.1. The zero-order valence-electron chi connectivity index (χ0n) is 15.8. The van der Waals surface area contributed by atoms with Crippen molar-refractivity contribution in [3.05, 3.63) is 83.4 Å². The van der Waals surface area contributed by atoms with Gasteiger partial charge in [0.2, 0.25) is 0 Å². The maximum absolute atomic E-state index is 13.6. The van der Waals surface area contributed by atoms with E-state index in [0.717, 1.165) is 33.6 Å². The van der Waals surface area contributed by atoms with E-state index in [1.165, 1.54) is 0 Å². The summed E-state index contributed by atoms with van der Waals surface area (Å²) in [6.45, 7) is 3.90. The summed E-state index contributed by atoms with van der Waals surface area (Å²) in [5.41, 5.74) is 20.0. The Morgan fingerprint density at radius 2 is 1.11 bits per heavy atom. The van der Waals surface area contributed by atoms with Gasteiger partial charge in [0.25, 0.3) is 0 Å². The zero-order chi connectivity index (χ0) is 19.8. The molecule has 0 aliphatic heterocycles. The fourth-order valence-electron chi connectivity index (χ4n) is 3.75. The lowest BCUT2D eigenvalue weighted by Crippen LogP contribution is -2.06. The zero-order valence-corrected chi connectivity index (χ0v) is 15.8. The molecule has 0 saturated carbocycles.